The molecule has 1 atom stereocenters. The van der Waals surface area contributed by atoms with E-state index in [1.807, 2.05) is 0 Å². The van der Waals surface area contributed by atoms with Crippen molar-refractivity contribution in [1.29, 1.82) is 0 Å². The first-order valence-electron chi connectivity index (χ1n) is 6.97. The van der Waals surface area contributed by atoms with Gasteiger partial charge in [-0.15, -0.1) is 23.7 Å². The van der Waals surface area contributed by atoms with Crippen molar-refractivity contribution >= 4 is 39.7 Å². The summed E-state index contributed by atoms with van der Waals surface area (Å²) < 4.78 is 27.2. The fraction of sp³-hybridized carbons (Fsp3) is 0.615. The molecule has 0 spiro atoms. The molecule has 2 rings (SSSR count). The molecule has 9 heteroatoms. The van der Waals surface area contributed by atoms with E-state index in [0.29, 0.717) is 23.1 Å². The molecule has 0 radical (unpaired) electrons. The van der Waals surface area contributed by atoms with Crippen molar-refractivity contribution < 1.29 is 13.2 Å². The van der Waals surface area contributed by atoms with Gasteiger partial charge in [0.1, 0.15) is 4.21 Å². The molecule has 1 fully saturated rings. The maximum atomic E-state index is 12.1. The molecule has 1 unspecified atom stereocenters. The van der Waals surface area contributed by atoms with Gasteiger partial charge < -0.3 is 11.1 Å². The number of rotatable bonds is 8. The number of nitrogens with two attached hydrogens (primary N) is 1. The van der Waals surface area contributed by atoms with Crippen molar-refractivity contribution in [2.24, 2.45) is 11.7 Å². The van der Waals surface area contributed by atoms with Crippen LogP contribution in [0, 0.1) is 5.92 Å². The molecular weight excluding hydrogens is 346 g/mol. The van der Waals surface area contributed by atoms with Gasteiger partial charge >= 0.3 is 0 Å². The van der Waals surface area contributed by atoms with Crippen molar-refractivity contribution in [3.63, 3.8) is 0 Å². The zero-order chi connectivity index (χ0) is 15.5. The van der Waals surface area contributed by atoms with Crippen molar-refractivity contribution in [2.75, 3.05) is 13.1 Å². The first kappa shape index (κ1) is 19.4. The standard InChI is InChI=1S/C13H21N3O3S2.ClH/c1-9(17)15-7-6-11-4-5-13(20-11)21(18,19)16-8-12(14)10-2-3-10;/h4-5,10,12,16H,2-3,6-8,14H2,1H3,(H,15,17);1H. The molecule has 1 aliphatic rings. The predicted molar refractivity (Wildman–Crippen MR) is 89.8 cm³/mol. The van der Waals surface area contributed by atoms with Crippen molar-refractivity contribution in [3.8, 4) is 0 Å². The lowest BCUT2D eigenvalue weighted by molar-refractivity contribution is -0.118. The molecule has 1 heterocycles. The third kappa shape index (κ3) is 5.85. The lowest BCUT2D eigenvalue weighted by atomic mass is 10.2. The number of amides is 1. The van der Waals surface area contributed by atoms with Crippen LogP contribution in [-0.4, -0.2) is 33.5 Å². The summed E-state index contributed by atoms with van der Waals surface area (Å²) in [5.41, 5.74) is 5.90. The second-order valence-corrected chi connectivity index (χ2v) is 8.47. The van der Waals surface area contributed by atoms with Gasteiger partial charge in [0.15, 0.2) is 0 Å². The summed E-state index contributed by atoms with van der Waals surface area (Å²) in [6.45, 7) is 2.25. The van der Waals surface area contributed by atoms with Gasteiger partial charge in [0.2, 0.25) is 15.9 Å². The molecule has 6 nitrogen and oxygen atoms in total. The highest BCUT2D eigenvalue weighted by atomic mass is 35.5. The Hall–Kier alpha value is -0.670. The highest BCUT2D eigenvalue weighted by Gasteiger charge is 2.29. The fourth-order valence-corrected chi connectivity index (χ4v) is 4.44. The minimum absolute atomic E-state index is 0. The van der Waals surface area contributed by atoms with E-state index in [9.17, 15) is 13.2 Å². The molecule has 4 N–H and O–H groups in total. The summed E-state index contributed by atoms with van der Waals surface area (Å²) in [5, 5.41) is 2.69. The van der Waals surface area contributed by atoms with Gasteiger partial charge in [0.05, 0.1) is 0 Å². The molecule has 1 aliphatic carbocycles. The summed E-state index contributed by atoms with van der Waals surface area (Å²) in [6, 6.07) is 3.28. The Morgan fingerprint density at radius 1 is 1.45 bits per heavy atom. The van der Waals surface area contributed by atoms with E-state index in [1.165, 1.54) is 18.3 Å². The highest BCUT2D eigenvalue weighted by molar-refractivity contribution is 7.91. The fourth-order valence-electron chi connectivity index (χ4n) is 1.97. The molecule has 0 bridgehead atoms. The topological polar surface area (TPSA) is 101 Å². The van der Waals surface area contributed by atoms with Crippen LogP contribution < -0.4 is 15.8 Å². The molecule has 126 valence electrons. The number of halogens is 1. The van der Waals surface area contributed by atoms with E-state index in [2.05, 4.69) is 10.0 Å². The third-order valence-corrected chi connectivity index (χ3v) is 6.44. The summed E-state index contributed by atoms with van der Waals surface area (Å²) in [6.07, 6.45) is 2.81. The molecule has 1 amide bonds. The summed E-state index contributed by atoms with van der Waals surface area (Å²) in [7, 11) is -3.48. The van der Waals surface area contributed by atoms with E-state index >= 15 is 0 Å². The first-order valence-corrected chi connectivity index (χ1v) is 9.27. The van der Waals surface area contributed by atoms with E-state index in [4.69, 9.17) is 5.73 Å². The third-order valence-electron chi connectivity index (χ3n) is 3.38. The maximum absolute atomic E-state index is 12.1. The summed E-state index contributed by atoms with van der Waals surface area (Å²) >= 11 is 1.22. The molecule has 0 aliphatic heterocycles. The van der Waals surface area contributed by atoms with Crippen LogP contribution in [0.4, 0.5) is 0 Å². The second kappa shape index (κ2) is 8.26. The molecule has 1 saturated carbocycles. The minimum Gasteiger partial charge on any atom is -0.356 e. The largest absolute Gasteiger partial charge is 0.356 e. The van der Waals surface area contributed by atoms with Crippen LogP contribution in [0.1, 0.15) is 24.6 Å². The number of carbonyl (C=O) groups is 1. The zero-order valence-corrected chi connectivity index (χ0v) is 14.8. The van der Waals surface area contributed by atoms with E-state index in [1.54, 1.807) is 12.1 Å². The molecular formula is C13H22ClN3O3S2. The number of carbonyl (C=O) groups excluding carboxylic acids is 1. The molecule has 1 aromatic rings. The average molecular weight is 368 g/mol. The number of thiophene rings is 1. The van der Waals surface area contributed by atoms with Gasteiger partial charge in [0.25, 0.3) is 0 Å². The quantitative estimate of drug-likeness (QED) is 0.634. The van der Waals surface area contributed by atoms with Crippen LogP contribution in [0.25, 0.3) is 0 Å². The molecule has 1 aromatic heterocycles. The Kier molecular flexibility index (Phi) is 7.27. The van der Waals surface area contributed by atoms with Gasteiger partial charge in [0, 0.05) is 30.9 Å². The zero-order valence-electron chi connectivity index (χ0n) is 12.4. The number of nitrogens with one attached hydrogen (secondary N) is 2. The monoisotopic (exact) mass is 367 g/mol. The molecule has 0 saturated heterocycles. The van der Waals surface area contributed by atoms with Gasteiger partial charge in [-0.3, -0.25) is 4.79 Å². The Morgan fingerprint density at radius 3 is 2.73 bits per heavy atom. The van der Waals surface area contributed by atoms with Gasteiger partial charge in [-0.2, -0.15) is 0 Å². The summed E-state index contributed by atoms with van der Waals surface area (Å²) in [4.78, 5) is 11.7. The lowest BCUT2D eigenvalue weighted by Crippen LogP contribution is -2.38. The Labute approximate surface area is 141 Å². The van der Waals surface area contributed by atoms with Gasteiger partial charge in [-0.05, 0) is 37.3 Å². The van der Waals surface area contributed by atoms with Crippen molar-refractivity contribution in [3.05, 3.63) is 17.0 Å². The van der Waals surface area contributed by atoms with Crippen LogP contribution in [0.5, 0.6) is 0 Å². The van der Waals surface area contributed by atoms with Crippen molar-refractivity contribution in [1.82, 2.24) is 10.0 Å². The number of hydrogen-bond donors (Lipinski definition) is 3. The van der Waals surface area contributed by atoms with Gasteiger partial charge in [-0.25, -0.2) is 13.1 Å². The van der Waals surface area contributed by atoms with E-state index < -0.39 is 10.0 Å². The molecule has 0 aromatic carbocycles. The first-order chi connectivity index (χ1) is 9.88. The van der Waals surface area contributed by atoms with E-state index in [-0.39, 0.29) is 30.9 Å². The Balaban J connectivity index is 0.00000242. The minimum atomic E-state index is -3.48. The number of hydrogen-bond acceptors (Lipinski definition) is 5. The van der Waals surface area contributed by atoms with Crippen LogP contribution in [-0.2, 0) is 21.2 Å². The Morgan fingerprint density at radius 2 is 2.14 bits per heavy atom. The van der Waals surface area contributed by atoms with Crippen LogP contribution in [0.3, 0.4) is 0 Å². The van der Waals surface area contributed by atoms with Gasteiger partial charge in [-0.1, -0.05) is 0 Å². The highest BCUT2D eigenvalue weighted by Crippen LogP contribution is 2.31. The maximum Gasteiger partial charge on any atom is 0.250 e. The number of sulfonamides is 1. The van der Waals surface area contributed by atoms with Crippen molar-refractivity contribution in [2.45, 2.75) is 36.4 Å². The predicted octanol–water partition coefficient (Wildman–Crippen LogP) is 0.864. The van der Waals surface area contributed by atoms with Crippen LogP contribution >= 0.6 is 23.7 Å². The molecule has 22 heavy (non-hydrogen) atoms. The normalized spacial score (nSPS) is 15.9. The van der Waals surface area contributed by atoms with Crippen LogP contribution in [0.15, 0.2) is 16.3 Å². The van der Waals surface area contributed by atoms with Crippen LogP contribution in [0.2, 0.25) is 0 Å². The average Bonchev–Trinajstić information content (AvgIpc) is 3.15. The Bertz CT molecular complexity index is 599. The van der Waals surface area contributed by atoms with E-state index in [0.717, 1.165) is 17.7 Å². The summed E-state index contributed by atoms with van der Waals surface area (Å²) in [5.74, 6) is 0.374. The smallest absolute Gasteiger partial charge is 0.250 e. The second-order valence-electron chi connectivity index (χ2n) is 5.31. The lowest BCUT2D eigenvalue weighted by Gasteiger charge is -2.10. The SMILES string of the molecule is CC(=O)NCCc1ccc(S(=O)(=O)NCC(N)C2CC2)s1.Cl.